The van der Waals surface area contributed by atoms with Crippen molar-refractivity contribution in [1.29, 1.82) is 0 Å². The summed E-state index contributed by atoms with van der Waals surface area (Å²) < 4.78 is 2.00. The molecular formula is C13H19N5. The second-order valence-electron chi connectivity index (χ2n) is 4.65. The van der Waals surface area contributed by atoms with Gasteiger partial charge in [-0.05, 0) is 19.8 Å². The summed E-state index contributed by atoms with van der Waals surface area (Å²) in [6.45, 7) is 9.06. The van der Waals surface area contributed by atoms with Crippen molar-refractivity contribution in [2.45, 2.75) is 40.2 Å². The van der Waals surface area contributed by atoms with Gasteiger partial charge in [0.1, 0.15) is 11.5 Å². The Morgan fingerprint density at radius 1 is 1.33 bits per heavy atom. The molecule has 0 fully saturated rings. The van der Waals surface area contributed by atoms with Gasteiger partial charge in [-0.1, -0.05) is 13.8 Å². The number of rotatable bonds is 3. The monoisotopic (exact) mass is 245 g/mol. The fraction of sp³-hybridized carbons (Fsp3) is 0.462. The molecule has 18 heavy (non-hydrogen) atoms. The van der Waals surface area contributed by atoms with E-state index in [4.69, 9.17) is 5.73 Å². The number of nitrogens with zero attached hydrogens (tertiary/aromatic N) is 4. The van der Waals surface area contributed by atoms with Gasteiger partial charge < -0.3 is 10.3 Å². The second-order valence-corrected chi connectivity index (χ2v) is 4.65. The molecule has 0 spiro atoms. The van der Waals surface area contributed by atoms with Crippen LogP contribution in [0, 0.1) is 6.92 Å². The highest BCUT2D eigenvalue weighted by Crippen LogP contribution is 2.25. The third-order valence-electron chi connectivity index (χ3n) is 3.03. The van der Waals surface area contributed by atoms with Gasteiger partial charge in [0.25, 0.3) is 0 Å². The standard InChI is InChI=1S/C13H19N5/c1-5-18-7-15-6-10(18)13-16-9(4)11(8(2)3)12(14)17-13/h6-8H,5H2,1-4H3,(H2,14,16,17). The lowest BCUT2D eigenvalue weighted by Gasteiger charge is -2.13. The Kier molecular flexibility index (Phi) is 3.32. The molecule has 2 aromatic rings. The summed E-state index contributed by atoms with van der Waals surface area (Å²) in [4.78, 5) is 13.1. The molecule has 96 valence electrons. The van der Waals surface area contributed by atoms with Crippen molar-refractivity contribution < 1.29 is 0 Å². The van der Waals surface area contributed by atoms with Gasteiger partial charge in [-0.25, -0.2) is 15.0 Å². The van der Waals surface area contributed by atoms with Gasteiger partial charge in [-0.2, -0.15) is 0 Å². The molecule has 5 heteroatoms. The van der Waals surface area contributed by atoms with Crippen molar-refractivity contribution in [2.24, 2.45) is 0 Å². The van der Waals surface area contributed by atoms with E-state index in [0.717, 1.165) is 23.5 Å². The number of aryl methyl sites for hydroxylation is 2. The first kappa shape index (κ1) is 12.5. The zero-order valence-electron chi connectivity index (χ0n) is 11.3. The van der Waals surface area contributed by atoms with Crippen LogP contribution in [0.2, 0.25) is 0 Å². The topological polar surface area (TPSA) is 69.6 Å². The molecule has 0 bridgehead atoms. The normalized spacial score (nSPS) is 11.2. The van der Waals surface area contributed by atoms with Crippen molar-refractivity contribution in [3.8, 4) is 11.5 Å². The summed E-state index contributed by atoms with van der Waals surface area (Å²) in [7, 11) is 0. The van der Waals surface area contributed by atoms with Crippen molar-refractivity contribution >= 4 is 5.82 Å². The Morgan fingerprint density at radius 2 is 2.06 bits per heavy atom. The largest absolute Gasteiger partial charge is 0.383 e. The molecule has 2 N–H and O–H groups in total. The number of nitrogen functional groups attached to an aromatic ring is 1. The van der Waals surface area contributed by atoms with Gasteiger partial charge in [-0.15, -0.1) is 0 Å². The maximum atomic E-state index is 6.04. The quantitative estimate of drug-likeness (QED) is 0.901. The van der Waals surface area contributed by atoms with Crippen LogP contribution >= 0.6 is 0 Å². The highest BCUT2D eigenvalue weighted by Gasteiger charge is 2.15. The summed E-state index contributed by atoms with van der Waals surface area (Å²) in [5.41, 5.74) is 8.92. The molecule has 2 heterocycles. The molecule has 2 aromatic heterocycles. The highest BCUT2D eigenvalue weighted by atomic mass is 15.1. The molecule has 0 radical (unpaired) electrons. The SMILES string of the molecule is CCn1cncc1-c1nc(C)c(C(C)C)c(N)n1. The van der Waals surface area contributed by atoms with Crippen LogP contribution in [0.1, 0.15) is 37.9 Å². The average Bonchev–Trinajstić information content (AvgIpc) is 2.75. The summed E-state index contributed by atoms with van der Waals surface area (Å²) in [6, 6.07) is 0. The van der Waals surface area contributed by atoms with E-state index in [2.05, 4.69) is 35.7 Å². The van der Waals surface area contributed by atoms with E-state index >= 15 is 0 Å². The highest BCUT2D eigenvalue weighted by molar-refractivity contribution is 5.55. The summed E-state index contributed by atoms with van der Waals surface area (Å²) in [6.07, 6.45) is 3.55. The van der Waals surface area contributed by atoms with E-state index in [0.29, 0.717) is 17.6 Å². The minimum Gasteiger partial charge on any atom is -0.383 e. The first-order valence-electron chi connectivity index (χ1n) is 6.19. The number of imidazole rings is 1. The number of anilines is 1. The van der Waals surface area contributed by atoms with Crippen LogP contribution in [0.25, 0.3) is 11.5 Å². The fourth-order valence-corrected chi connectivity index (χ4v) is 2.19. The molecule has 0 aliphatic rings. The maximum Gasteiger partial charge on any atom is 0.180 e. The van der Waals surface area contributed by atoms with E-state index in [-0.39, 0.29) is 0 Å². The number of nitrogens with two attached hydrogens (primary N) is 1. The molecule has 0 saturated carbocycles. The van der Waals surface area contributed by atoms with Gasteiger partial charge in [0.15, 0.2) is 5.82 Å². The average molecular weight is 245 g/mol. The Balaban J connectivity index is 2.55. The minimum absolute atomic E-state index is 0.329. The van der Waals surface area contributed by atoms with Crippen LogP contribution in [0.3, 0.4) is 0 Å². The number of hydrogen-bond acceptors (Lipinski definition) is 4. The van der Waals surface area contributed by atoms with E-state index in [1.807, 2.05) is 11.5 Å². The van der Waals surface area contributed by atoms with E-state index in [1.165, 1.54) is 0 Å². The first-order valence-corrected chi connectivity index (χ1v) is 6.19. The van der Waals surface area contributed by atoms with Gasteiger partial charge >= 0.3 is 0 Å². The van der Waals surface area contributed by atoms with Crippen LogP contribution in [0.15, 0.2) is 12.5 Å². The van der Waals surface area contributed by atoms with Crippen molar-refractivity contribution in [3.05, 3.63) is 23.8 Å². The first-order chi connectivity index (χ1) is 8.54. The predicted molar refractivity (Wildman–Crippen MR) is 72.2 cm³/mol. The Hall–Kier alpha value is -1.91. The predicted octanol–water partition coefficient (Wildman–Crippen LogP) is 2.37. The zero-order chi connectivity index (χ0) is 13.3. The lowest BCUT2D eigenvalue weighted by atomic mass is 10.0. The van der Waals surface area contributed by atoms with Gasteiger partial charge in [-0.3, -0.25) is 0 Å². The van der Waals surface area contributed by atoms with Crippen LogP contribution in [0.4, 0.5) is 5.82 Å². The van der Waals surface area contributed by atoms with Crippen molar-refractivity contribution in [2.75, 3.05) is 5.73 Å². The molecule has 0 unspecified atom stereocenters. The van der Waals surface area contributed by atoms with E-state index in [9.17, 15) is 0 Å². The van der Waals surface area contributed by atoms with Gasteiger partial charge in [0, 0.05) is 17.8 Å². The smallest absolute Gasteiger partial charge is 0.180 e. The van der Waals surface area contributed by atoms with Crippen LogP contribution in [0.5, 0.6) is 0 Å². The van der Waals surface area contributed by atoms with Gasteiger partial charge in [0.2, 0.25) is 0 Å². The summed E-state index contributed by atoms with van der Waals surface area (Å²) in [5, 5.41) is 0. The molecule has 0 aliphatic carbocycles. The molecule has 0 saturated heterocycles. The molecule has 0 amide bonds. The lowest BCUT2D eigenvalue weighted by Crippen LogP contribution is -2.08. The van der Waals surface area contributed by atoms with Crippen LogP contribution in [-0.4, -0.2) is 19.5 Å². The Labute approximate surface area is 107 Å². The van der Waals surface area contributed by atoms with Gasteiger partial charge in [0.05, 0.1) is 12.5 Å². The Bertz CT molecular complexity index is 533. The van der Waals surface area contributed by atoms with Crippen molar-refractivity contribution in [1.82, 2.24) is 19.5 Å². The minimum atomic E-state index is 0.329. The lowest BCUT2D eigenvalue weighted by molar-refractivity contribution is 0.761. The Morgan fingerprint density at radius 3 is 2.61 bits per heavy atom. The van der Waals surface area contributed by atoms with E-state index < -0.39 is 0 Å². The fourth-order valence-electron chi connectivity index (χ4n) is 2.19. The van der Waals surface area contributed by atoms with E-state index in [1.54, 1.807) is 12.5 Å². The molecule has 0 aromatic carbocycles. The molecule has 5 nitrogen and oxygen atoms in total. The number of hydrogen-bond donors (Lipinski definition) is 1. The third-order valence-corrected chi connectivity index (χ3v) is 3.03. The van der Waals surface area contributed by atoms with Crippen LogP contribution < -0.4 is 5.73 Å². The summed E-state index contributed by atoms with van der Waals surface area (Å²) >= 11 is 0. The summed E-state index contributed by atoms with van der Waals surface area (Å²) in [5.74, 6) is 1.54. The molecule has 2 rings (SSSR count). The molecular weight excluding hydrogens is 226 g/mol. The third kappa shape index (κ3) is 2.08. The number of aromatic nitrogens is 4. The maximum absolute atomic E-state index is 6.04. The van der Waals surface area contributed by atoms with Crippen LogP contribution in [-0.2, 0) is 6.54 Å². The second kappa shape index (κ2) is 4.76. The van der Waals surface area contributed by atoms with Crippen molar-refractivity contribution in [3.63, 3.8) is 0 Å². The molecule has 0 aliphatic heterocycles. The molecule has 0 atom stereocenters. The zero-order valence-corrected chi connectivity index (χ0v) is 11.3.